The van der Waals surface area contributed by atoms with E-state index in [0.29, 0.717) is 12.5 Å². The van der Waals surface area contributed by atoms with Crippen LogP contribution in [0.5, 0.6) is 5.88 Å². The Balaban J connectivity index is 2.10. The number of rotatable bonds is 4. The molecule has 0 radical (unpaired) electrons. The zero-order chi connectivity index (χ0) is 12.3. The summed E-state index contributed by atoms with van der Waals surface area (Å²) in [6.07, 6.45) is 2.52. The number of nitrogens with zero attached hydrogens (tertiary/aromatic N) is 2. The van der Waals surface area contributed by atoms with Crippen LogP contribution >= 0.6 is 0 Å². The van der Waals surface area contributed by atoms with Crippen LogP contribution < -0.4 is 15.0 Å². The van der Waals surface area contributed by atoms with Gasteiger partial charge >= 0.3 is 0 Å². The highest BCUT2D eigenvalue weighted by Gasteiger charge is 2.31. The summed E-state index contributed by atoms with van der Waals surface area (Å²) in [6.45, 7) is 3.24. The molecule has 5 heteroatoms. The molecule has 1 aromatic rings. The lowest BCUT2D eigenvalue weighted by Gasteiger charge is -2.16. The molecule has 0 aliphatic carbocycles. The number of pyridine rings is 1. The molecular formula is C12H17N3O2. The highest BCUT2D eigenvalue weighted by molar-refractivity contribution is 5.99. The molecule has 0 saturated carbocycles. The molecular weight excluding hydrogens is 218 g/mol. The fraction of sp³-hybridized carbons (Fsp3) is 0.500. The molecule has 0 bridgehead atoms. The van der Waals surface area contributed by atoms with E-state index in [1.807, 2.05) is 20.0 Å². The Hall–Kier alpha value is -1.62. The van der Waals surface area contributed by atoms with Crippen LogP contribution in [0.2, 0.25) is 0 Å². The van der Waals surface area contributed by atoms with E-state index in [2.05, 4.69) is 10.3 Å². The Morgan fingerprint density at radius 1 is 1.59 bits per heavy atom. The summed E-state index contributed by atoms with van der Waals surface area (Å²) in [7, 11) is 1.81. The van der Waals surface area contributed by atoms with Crippen LogP contribution in [0.1, 0.15) is 13.3 Å². The van der Waals surface area contributed by atoms with E-state index < -0.39 is 0 Å². The molecule has 1 fully saturated rings. The van der Waals surface area contributed by atoms with Crippen molar-refractivity contribution in [1.82, 2.24) is 10.3 Å². The van der Waals surface area contributed by atoms with Crippen molar-refractivity contribution in [2.45, 2.75) is 19.4 Å². The third-order valence-electron chi connectivity index (χ3n) is 2.88. The molecule has 1 amide bonds. The zero-order valence-electron chi connectivity index (χ0n) is 10.1. The van der Waals surface area contributed by atoms with E-state index in [4.69, 9.17) is 4.74 Å². The number of aromatic nitrogens is 1. The first-order valence-corrected chi connectivity index (χ1v) is 5.83. The normalized spacial score (nSPS) is 19.8. The predicted octanol–water partition coefficient (Wildman–Crippen LogP) is 0.805. The Morgan fingerprint density at radius 3 is 2.94 bits per heavy atom. The first kappa shape index (κ1) is 11.9. The molecule has 1 aromatic heterocycles. The second-order valence-electron chi connectivity index (χ2n) is 3.91. The molecule has 1 aliphatic rings. The number of hydrogen-bond donors (Lipinski definition) is 1. The van der Waals surface area contributed by atoms with Crippen molar-refractivity contribution in [3.8, 4) is 5.88 Å². The number of nitrogens with one attached hydrogen (secondary N) is 1. The Labute approximate surface area is 101 Å². The van der Waals surface area contributed by atoms with Gasteiger partial charge in [-0.05, 0) is 26.5 Å². The molecule has 1 N–H and O–H groups in total. The van der Waals surface area contributed by atoms with E-state index in [1.54, 1.807) is 17.2 Å². The molecule has 1 atom stereocenters. The maximum Gasteiger partial charge on any atom is 0.244 e. The van der Waals surface area contributed by atoms with Gasteiger partial charge in [-0.25, -0.2) is 4.98 Å². The van der Waals surface area contributed by atoms with Crippen molar-refractivity contribution >= 4 is 11.6 Å². The molecule has 0 aromatic carbocycles. The quantitative estimate of drug-likeness (QED) is 0.839. The lowest BCUT2D eigenvalue weighted by atomic mass is 10.2. The number of ether oxygens (including phenoxy) is 1. The average Bonchev–Trinajstić information content (AvgIpc) is 2.72. The van der Waals surface area contributed by atoms with Gasteiger partial charge in [-0.15, -0.1) is 0 Å². The van der Waals surface area contributed by atoms with Gasteiger partial charge in [0.05, 0.1) is 24.5 Å². The first-order valence-electron chi connectivity index (χ1n) is 5.83. The molecule has 17 heavy (non-hydrogen) atoms. The SMILES string of the molecule is CCOc1ccc(N2CCC(NC)C2=O)cn1. The van der Waals surface area contributed by atoms with E-state index in [-0.39, 0.29) is 11.9 Å². The second kappa shape index (κ2) is 5.14. The zero-order valence-corrected chi connectivity index (χ0v) is 10.1. The number of carbonyl (C=O) groups excluding carboxylic acids is 1. The van der Waals surface area contributed by atoms with Crippen LogP contribution in [0.25, 0.3) is 0 Å². The van der Waals surface area contributed by atoms with Gasteiger partial charge in [-0.3, -0.25) is 4.79 Å². The Bertz CT molecular complexity index is 391. The average molecular weight is 235 g/mol. The van der Waals surface area contributed by atoms with Crippen molar-refractivity contribution in [3.05, 3.63) is 18.3 Å². The Morgan fingerprint density at radius 2 is 2.41 bits per heavy atom. The van der Waals surface area contributed by atoms with Gasteiger partial charge in [0.25, 0.3) is 0 Å². The third-order valence-corrected chi connectivity index (χ3v) is 2.88. The number of hydrogen-bond acceptors (Lipinski definition) is 4. The summed E-state index contributed by atoms with van der Waals surface area (Å²) >= 11 is 0. The van der Waals surface area contributed by atoms with Crippen LogP contribution in [0, 0.1) is 0 Å². The molecule has 5 nitrogen and oxygen atoms in total. The van der Waals surface area contributed by atoms with Gasteiger partial charge in [0.2, 0.25) is 11.8 Å². The molecule has 2 rings (SSSR count). The number of amides is 1. The van der Waals surface area contributed by atoms with Crippen LogP contribution in [0.15, 0.2) is 18.3 Å². The highest BCUT2D eigenvalue weighted by Crippen LogP contribution is 2.22. The molecule has 92 valence electrons. The minimum absolute atomic E-state index is 0.0680. The summed E-state index contributed by atoms with van der Waals surface area (Å²) in [5, 5.41) is 3.01. The van der Waals surface area contributed by atoms with Crippen LogP contribution in [-0.4, -0.2) is 37.1 Å². The lowest BCUT2D eigenvalue weighted by molar-refractivity contribution is -0.118. The first-order chi connectivity index (χ1) is 8.26. The molecule has 2 heterocycles. The summed E-state index contributed by atoms with van der Waals surface area (Å²) in [5.41, 5.74) is 0.830. The van der Waals surface area contributed by atoms with Crippen LogP contribution in [0.3, 0.4) is 0 Å². The maximum absolute atomic E-state index is 12.0. The Kier molecular flexibility index (Phi) is 3.58. The van der Waals surface area contributed by atoms with Gasteiger partial charge in [-0.1, -0.05) is 0 Å². The summed E-state index contributed by atoms with van der Waals surface area (Å²) in [4.78, 5) is 17.9. The fourth-order valence-corrected chi connectivity index (χ4v) is 1.97. The summed E-state index contributed by atoms with van der Waals surface area (Å²) < 4.78 is 5.27. The molecule has 1 unspecified atom stereocenters. The number of likely N-dealkylation sites (N-methyl/N-ethyl adjacent to an activating group) is 1. The van der Waals surface area contributed by atoms with Crippen LogP contribution in [0.4, 0.5) is 5.69 Å². The van der Waals surface area contributed by atoms with E-state index in [0.717, 1.165) is 18.7 Å². The molecule has 1 saturated heterocycles. The maximum atomic E-state index is 12.0. The largest absolute Gasteiger partial charge is 0.478 e. The lowest BCUT2D eigenvalue weighted by Crippen LogP contribution is -2.36. The molecule has 0 spiro atoms. The van der Waals surface area contributed by atoms with Crippen LogP contribution in [-0.2, 0) is 4.79 Å². The standard InChI is InChI=1S/C12H17N3O2/c1-3-17-11-5-4-9(8-14-11)15-7-6-10(13-2)12(15)16/h4-5,8,10,13H,3,6-7H2,1-2H3. The number of carbonyl (C=O) groups is 1. The van der Waals surface area contributed by atoms with E-state index >= 15 is 0 Å². The molecule has 1 aliphatic heterocycles. The predicted molar refractivity (Wildman–Crippen MR) is 65.2 cm³/mol. The van der Waals surface area contributed by atoms with Gasteiger partial charge in [0.15, 0.2) is 0 Å². The van der Waals surface area contributed by atoms with E-state index in [9.17, 15) is 4.79 Å². The summed E-state index contributed by atoms with van der Waals surface area (Å²) in [5.74, 6) is 0.700. The van der Waals surface area contributed by atoms with Gasteiger partial charge < -0.3 is 15.0 Å². The highest BCUT2D eigenvalue weighted by atomic mass is 16.5. The van der Waals surface area contributed by atoms with Crippen molar-refractivity contribution in [2.75, 3.05) is 25.1 Å². The van der Waals surface area contributed by atoms with Gasteiger partial charge in [0.1, 0.15) is 0 Å². The third kappa shape index (κ3) is 2.39. The number of anilines is 1. The second-order valence-corrected chi connectivity index (χ2v) is 3.91. The minimum Gasteiger partial charge on any atom is -0.478 e. The van der Waals surface area contributed by atoms with Crippen molar-refractivity contribution in [3.63, 3.8) is 0 Å². The van der Waals surface area contributed by atoms with E-state index in [1.165, 1.54) is 0 Å². The smallest absolute Gasteiger partial charge is 0.244 e. The topological polar surface area (TPSA) is 54.5 Å². The monoisotopic (exact) mass is 235 g/mol. The van der Waals surface area contributed by atoms with Crippen molar-refractivity contribution in [1.29, 1.82) is 0 Å². The van der Waals surface area contributed by atoms with Gasteiger partial charge in [-0.2, -0.15) is 0 Å². The fourth-order valence-electron chi connectivity index (χ4n) is 1.97. The minimum atomic E-state index is -0.0680. The van der Waals surface area contributed by atoms with Crippen molar-refractivity contribution < 1.29 is 9.53 Å². The summed E-state index contributed by atoms with van der Waals surface area (Å²) in [6, 6.07) is 3.59. The van der Waals surface area contributed by atoms with Crippen molar-refractivity contribution in [2.24, 2.45) is 0 Å². The van der Waals surface area contributed by atoms with Gasteiger partial charge in [0, 0.05) is 12.6 Å².